The van der Waals surface area contributed by atoms with Crippen LogP contribution in [0.3, 0.4) is 0 Å². The van der Waals surface area contributed by atoms with Gasteiger partial charge in [0.1, 0.15) is 11.6 Å². The van der Waals surface area contributed by atoms with E-state index in [0.717, 1.165) is 37.8 Å². The standard InChI is InChI=1S/C17H19F2N3O2/c18-13-2-1-3-14(19)15(13)16-12(8-20-22-16)17(24)21-11-6-4-10(9-23)5-7-11/h1-3,8,10-11,23H,4-7,9H2,(H,20,22)(H,21,24). The summed E-state index contributed by atoms with van der Waals surface area (Å²) >= 11 is 0. The van der Waals surface area contributed by atoms with Crippen LogP contribution in [0.15, 0.2) is 24.4 Å². The van der Waals surface area contributed by atoms with Gasteiger partial charge in [-0.1, -0.05) is 6.07 Å². The second-order valence-electron chi connectivity index (χ2n) is 6.13. The molecular formula is C17H19F2N3O2. The normalized spacial score (nSPS) is 20.8. The van der Waals surface area contributed by atoms with E-state index in [2.05, 4.69) is 15.5 Å². The minimum atomic E-state index is -0.753. The molecule has 1 saturated carbocycles. The highest BCUT2D eigenvalue weighted by molar-refractivity contribution is 6.00. The molecule has 0 bridgehead atoms. The molecule has 1 aromatic heterocycles. The molecule has 7 heteroatoms. The molecule has 0 saturated heterocycles. The molecule has 0 spiro atoms. The Morgan fingerprint density at radius 2 is 1.92 bits per heavy atom. The first kappa shape index (κ1) is 16.6. The molecule has 128 valence electrons. The van der Waals surface area contributed by atoms with Gasteiger partial charge < -0.3 is 10.4 Å². The van der Waals surface area contributed by atoms with Gasteiger partial charge in [-0.2, -0.15) is 5.10 Å². The number of nitrogens with one attached hydrogen (secondary N) is 2. The molecule has 5 nitrogen and oxygen atoms in total. The molecule has 3 rings (SSSR count). The molecule has 1 amide bonds. The summed E-state index contributed by atoms with van der Waals surface area (Å²) in [6.07, 6.45) is 4.52. The second-order valence-corrected chi connectivity index (χ2v) is 6.13. The zero-order chi connectivity index (χ0) is 17.1. The van der Waals surface area contributed by atoms with Crippen LogP contribution in [0.25, 0.3) is 11.3 Å². The van der Waals surface area contributed by atoms with Gasteiger partial charge in [0.15, 0.2) is 0 Å². The zero-order valence-corrected chi connectivity index (χ0v) is 13.1. The number of nitrogens with zero attached hydrogens (tertiary/aromatic N) is 1. The number of aliphatic hydroxyl groups is 1. The van der Waals surface area contributed by atoms with E-state index in [0.29, 0.717) is 0 Å². The minimum Gasteiger partial charge on any atom is -0.396 e. The molecule has 1 fully saturated rings. The first-order valence-corrected chi connectivity index (χ1v) is 7.99. The number of H-pyrrole nitrogens is 1. The Morgan fingerprint density at radius 3 is 2.54 bits per heavy atom. The van der Waals surface area contributed by atoms with E-state index in [9.17, 15) is 13.6 Å². The van der Waals surface area contributed by atoms with Crippen LogP contribution in [0.4, 0.5) is 8.78 Å². The van der Waals surface area contributed by atoms with Crippen LogP contribution in [0.1, 0.15) is 36.0 Å². The van der Waals surface area contributed by atoms with Crippen LogP contribution in [-0.2, 0) is 0 Å². The number of carbonyl (C=O) groups is 1. The average Bonchev–Trinajstić information content (AvgIpc) is 3.05. The van der Waals surface area contributed by atoms with Gasteiger partial charge in [0.2, 0.25) is 0 Å². The van der Waals surface area contributed by atoms with Crippen LogP contribution >= 0.6 is 0 Å². The maximum Gasteiger partial charge on any atom is 0.255 e. The zero-order valence-electron chi connectivity index (χ0n) is 13.1. The second kappa shape index (κ2) is 7.09. The summed E-state index contributed by atoms with van der Waals surface area (Å²) in [5.41, 5.74) is -0.139. The maximum atomic E-state index is 14.0. The fourth-order valence-corrected chi connectivity index (χ4v) is 3.14. The van der Waals surface area contributed by atoms with Gasteiger partial charge in [-0.3, -0.25) is 9.89 Å². The van der Waals surface area contributed by atoms with E-state index in [1.807, 2.05) is 0 Å². The van der Waals surface area contributed by atoms with E-state index in [1.165, 1.54) is 12.3 Å². The smallest absolute Gasteiger partial charge is 0.255 e. The predicted octanol–water partition coefficient (Wildman–Crippen LogP) is 2.64. The highest BCUT2D eigenvalue weighted by Gasteiger charge is 2.25. The van der Waals surface area contributed by atoms with Crippen molar-refractivity contribution >= 4 is 5.91 Å². The Balaban J connectivity index is 1.77. The van der Waals surface area contributed by atoms with Crippen molar-refractivity contribution < 1.29 is 18.7 Å². The molecule has 0 atom stereocenters. The van der Waals surface area contributed by atoms with Gasteiger partial charge in [-0.25, -0.2) is 8.78 Å². The average molecular weight is 335 g/mol. The minimum absolute atomic E-state index is 0.00600. The number of benzene rings is 1. The van der Waals surface area contributed by atoms with Crippen LogP contribution in [0.2, 0.25) is 0 Å². The lowest BCUT2D eigenvalue weighted by atomic mass is 9.86. The van der Waals surface area contributed by atoms with Crippen LogP contribution in [-0.4, -0.2) is 33.9 Å². The summed E-state index contributed by atoms with van der Waals surface area (Å²) < 4.78 is 27.9. The monoisotopic (exact) mass is 335 g/mol. The maximum absolute atomic E-state index is 14.0. The van der Waals surface area contributed by atoms with Gasteiger partial charge >= 0.3 is 0 Å². The third-order valence-electron chi connectivity index (χ3n) is 4.54. The summed E-state index contributed by atoms with van der Waals surface area (Å²) in [4.78, 5) is 12.5. The Bertz CT molecular complexity index is 704. The summed E-state index contributed by atoms with van der Waals surface area (Å²) in [7, 11) is 0. The number of aromatic nitrogens is 2. The van der Waals surface area contributed by atoms with Gasteiger partial charge in [0.05, 0.1) is 23.0 Å². The molecule has 1 aliphatic rings. The molecule has 1 heterocycles. The van der Waals surface area contributed by atoms with E-state index < -0.39 is 17.5 Å². The molecule has 3 N–H and O–H groups in total. The van der Waals surface area contributed by atoms with E-state index in [-0.39, 0.29) is 35.4 Å². The molecule has 2 aromatic rings. The van der Waals surface area contributed by atoms with Gasteiger partial charge in [0, 0.05) is 12.6 Å². The summed E-state index contributed by atoms with van der Waals surface area (Å²) in [6.45, 7) is 0.166. The number of amides is 1. The molecule has 1 aliphatic carbocycles. The first-order valence-electron chi connectivity index (χ1n) is 7.99. The van der Waals surface area contributed by atoms with Gasteiger partial charge in [-0.15, -0.1) is 0 Å². The molecule has 0 unspecified atom stereocenters. The molecule has 0 aliphatic heterocycles. The molecule has 1 aromatic carbocycles. The van der Waals surface area contributed by atoms with Gasteiger partial charge in [-0.05, 0) is 43.7 Å². The number of rotatable bonds is 4. The molecular weight excluding hydrogens is 316 g/mol. The molecule has 0 radical (unpaired) electrons. The summed E-state index contributed by atoms with van der Waals surface area (Å²) in [5.74, 6) is -1.63. The summed E-state index contributed by atoms with van der Waals surface area (Å²) in [6, 6.07) is 3.53. The number of aromatic amines is 1. The fourth-order valence-electron chi connectivity index (χ4n) is 3.14. The summed E-state index contributed by atoms with van der Waals surface area (Å²) in [5, 5.41) is 18.3. The predicted molar refractivity (Wildman–Crippen MR) is 84.2 cm³/mol. The van der Waals surface area contributed by atoms with Crippen molar-refractivity contribution in [3.05, 3.63) is 41.6 Å². The Hall–Kier alpha value is -2.28. The van der Waals surface area contributed by atoms with E-state index in [1.54, 1.807) is 0 Å². The molecule has 24 heavy (non-hydrogen) atoms. The third-order valence-corrected chi connectivity index (χ3v) is 4.54. The van der Waals surface area contributed by atoms with Crippen molar-refractivity contribution in [1.82, 2.24) is 15.5 Å². The van der Waals surface area contributed by atoms with Crippen LogP contribution < -0.4 is 5.32 Å². The Kier molecular flexibility index (Phi) is 4.89. The lowest BCUT2D eigenvalue weighted by molar-refractivity contribution is 0.0914. The number of halogens is 2. The van der Waals surface area contributed by atoms with Gasteiger partial charge in [0.25, 0.3) is 5.91 Å². The largest absolute Gasteiger partial charge is 0.396 e. The van der Waals surface area contributed by atoms with Crippen LogP contribution in [0.5, 0.6) is 0 Å². The number of hydrogen-bond donors (Lipinski definition) is 3. The van der Waals surface area contributed by atoms with Crippen molar-refractivity contribution in [2.45, 2.75) is 31.7 Å². The Labute approximate surface area is 138 Å². The van der Waals surface area contributed by atoms with Crippen molar-refractivity contribution in [2.24, 2.45) is 5.92 Å². The van der Waals surface area contributed by atoms with E-state index in [4.69, 9.17) is 5.11 Å². The lowest BCUT2D eigenvalue weighted by Crippen LogP contribution is -2.38. The Morgan fingerprint density at radius 1 is 1.25 bits per heavy atom. The van der Waals surface area contributed by atoms with Crippen LogP contribution in [0, 0.1) is 17.6 Å². The highest BCUT2D eigenvalue weighted by atomic mass is 19.1. The number of hydrogen-bond acceptors (Lipinski definition) is 3. The van der Waals surface area contributed by atoms with E-state index >= 15 is 0 Å². The first-order chi connectivity index (χ1) is 11.6. The fraction of sp³-hybridized carbons (Fsp3) is 0.412. The third kappa shape index (κ3) is 3.31. The van der Waals surface area contributed by atoms with Crippen molar-refractivity contribution in [3.63, 3.8) is 0 Å². The quantitative estimate of drug-likeness (QED) is 0.804. The number of aliphatic hydroxyl groups excluding tert-OH is 1. The lowest BCUT2D eigenvalue weighted by Gasteiger charge is -2.27. The van der Waals surface area contributed by atoms with Crippen molar-refractivity contribution in [1.29, 1.82) is 0 Å². The SMILES string of the molecule is O=C(NC1CCC(CO)CC1)c1cn[nH]c1-c1c(F)cccc1F. The van der Waals surface area contributed by atoms with Crippen molar-refractivity contribution in [3.8, 4) is 11.3 Å². The highest BCUT2D eigenvalue weighted by Crippen LogP contribution is 2.28. The number of carbonyl (C=O) groups excluding carboxylic acids is 1. The van der Waals surface area contributed by atoms with Crippen molar-refractivity contribution in [2.75, 3.05) is 6.61 Å². The topological polar surface area (TPSA) is 78.0 Å².